The van der Waals surface area contributed by atoms with Gasteiger partial charge in [0.25, 0.3) is 0 Å². The quantitative estimate of drug-likeness (QED) is 0.725. The molecule has 1 fully saturated rings. The summed E-state index contributed by atoms with van der Waals surface area (Å²) in [6.07, 6.45) is 1.41. The van der Waals surface area contributed by atoms with Crippen LogP contribution in [0.3, 0.4) is 0 Å². The third-order valence-electron chi connectivity index (χ3n) is 4.44. The number of anilines is 2. The summed E-state index contributed by atoms with van der Waals surface area (Å²) < 4.78 is 14.0. The van der Waals surface area contributed by atoms with E-state index in [1.807, 2.05) is 18.7 Å². The monoisotopic (exact) mass is 324 g/mol. The highest BCUT2D eigenvalue weighted by Gasteiger charge is 2.38. The van der Waals surface area contributed by atoms with Gasteiger partial charge in [-0.15, -0.1) is 0 Å². The minimum atomic E-state index is -0.903. The van der Waals surface area contributed by atoms with E-state index in [0.29, 0.717) is 43.7 Å². The van der Waals surface area contributed by atoms with E-state index >= 15 is 0 Å². The van der Waals surface area contributed by atoms with Gasteiger partial charge in [0.2, 0.25) is 0 Å². The van der Waals surface area contributed by atoms with Crippen LogP contribution in [0.25, 0.3) is 0 Å². The lowest BCUT2D eigenvalue weighted by atomic mass is 9.74. The Bertz CT molecular complexity index is 581. The SMILES string of the molecule is CC(C)(CC(=O)O)CC1(O)CCN(c2ccc(N)cc2F)CC1. The molecule has 1 aliphatic rings. The first-order valence-electron chi connectivity index (χ1n) is 7.84. The third kappa shape index (κ3) is 4.58. The van der Waals surface area contributed by atoms with E-state index in [9.17, 15) is 14.3 Å². The van der Waals surface area contributed by atoms with Crippen LogP contribution in [0, 0.1) is 11.2 Å². The number of carboxylic acids is 1. The molecule has 2 rings (SSSR count). The molecule has 0 aromatic heterocycles. The first kappa shape index (κ1) is 17.5. The number of carboxylic acid groups (broad SMARTS) is 1. The van der Waals surface area contributed by atoms with Crippen molar-refractivity contribution in [2.45, 2.75) is 45.1 Å². The smallest absolute Gasteiger partial charge is 0.303 e. The fourth-order valence-corrected chi connectivity index (χ4v) is 3.48. The molecule has 0 atom stereocenters. The van der Waals surface area contributed by atoms with Crippen LogP contribution >= 0.6 is 0 Å². The van der Waals surface area contributed by atoms with Crippen molar-refractivity contribution in [3.63, 3.8) is 0 Å². The molecule has 0 bridgehead atoms. The summed E-state index contributed by atoms with van der Waals surface area (Å²) in [5, 5.41) is 19.7. The van der Waals surface area contributed by atoms with Gasteiger partial charge in [0.05, 0.1) is 17.7 Å². The summed E-state index contributed by atoms with van der Waals surface area (Å²) in [6.45, 7) is 4.76. The molecule has 1 aromatic carbocycles. The molecule has 1 aromatic rings. The molecule has 0 unspecified atom stereocenters. The molecule has 6 heteroatoms. The van der Waals surface area contributed by atoms with Crippen molar-refractivity contribution in [3.8, 4) is 0 Å². The number of nitrogens with two attached hydrogens (primary N) is 1. The summed E-state index contributed by atoms with van der Waals surface area (Å²) in [5.74, 6) is -1.22. The normalized spacial score (nSPS) is 18.0. The lowest BCUT2D eigenvalue weighted by Crippen LogP contribution is -2.47. The second kappa shape index (κ2) is 6.35. The van der Waals surface area contributed by atoms with Crippen LogP contribution in [-0.2, 0) is 4.79 Å². The molecule has 4 N–H and O–H groups in total. The largest absolute Gasteiger partial charge is 0.481 e. The number of aliphatic hydroxyl groups is 1. The number of piperidine rings is 1. The molecule has 1 saturated heterocycles. The Morgan fingerprint density at radius 3 is 2.52 bits per heavy atom. The van der Waals surface area contributed by atoms with Crippen molar-refractivity contribution in [1.82, 2.24) is 0 Å². The van der Waals surface area contributed by atoms with Crippen LogP contribution in [0.4, 0.5) is 15.8 Å². The van der Waals surface area contributed by atoms with Crippen molar-refractivity contribution in [2.24, 2.45) is 5.41 Å². The maximum atomic E-state index is 14.0. The molecule has 23 heavy (non-hydrogen) atoms. The third-order valence-corrected chi connectivity index (χ3v) is 4.44. The van der Waals surface area contributed by atoms with E-state index in [1.54, 1.807) is 12.1 Å². The Morgan fingerprint density at radius 2 is 2.00 bits per heavy atom. The van der Waals surface area contributed by atoms with Gasteiger partial charge in [0, 0.05) is 18.8 Å². The van der Waals surface area contributed by atoms with E-state index in [0.717, 1.165) is 0 Å². The second-order valence-electron chi connectivity index (χ2n) is 7.33. The first-order chi connectivity index (χ1) is 10.6. The van der Waals surface area contributed by atoms with E-state index in [-0.39, 0.29) is 12.2 Å². The predicted octanol–water partition coefficient (Wildman–Crippen LogP) is 2.63. The van der Waals surface area contributed by atoms with Gasteiger partial charge in [0.1, 0.15) is 5.82 Å². The van der Waals surface area contributed by atoms with E-state index in [4.69, 9.17) is 10.8 Å². The number of nitrogen functional groups attached to an aromatic ring is 1. The average Bonchev–Trinajstić information content (AvgIpc) is 2.37. The van der Waals surface area contributed by atoms with Gasteiger partial charge in [-0.25, -0.2) is 4.39 Å². The Balaban J connectivity index is 2.01. The van der Waals surface area contributed by atoms with Crippen LogP contribution in [-0.4, -0.2) is 34.9 Å². The summed E-state index contributed by atoms with van der Waals surface area (Å²) in [6, 6.07) is 4.62. The lowest BCUT2D eigenvalue weighted by molar-refractivity contribution is -0.140. The highest BCUT2D eigenvalue weighted by atomic mass is 19.1. The standard InChI is InChI=1S/C17H25FN2O3/c1-16(2,10-15(21)22)11-17(23)5-7-20(8-6-17)14-4-3-12(19)9-13(14)18/h3-4,9,23H,5-8,10-11,19H2,1-2H3,(H,21,22). The molecule has 0 spiro atoms. The minimum absolute atomic E-state index is 0.0195. The van der Waals surface area contributed by atoms with Gasteiger partial charge >= 0.3 is 5.97 Å². The predicted molar refractivity (Wildman–Crippen MR) is 87.9 cm³/mol. The fourth-order valence-electron chi connectivity index (χ4n) is 3.48. The highest BCUT2D eigenvalue weighted by molar-refractivity contribution is 5.67. The molecule has 0 aliphatic carbocycles. The minimum Gasteiger partial charge on any atom is -0.481 e. The van der Waals surface area contributed by atoms with Gasteiger partial charge < -0.3 is 20.8 Å². The average molecular weight is 324 g/mol. The number of nitrogens with zero attached hydrogens (tertiary/aromatic N) is 1. The van der Waals surface area contributed by atoms with Crippen molar-refractivity contribution in [1.29, 1.82) is 0 Å². The maximum Gasteiger partial charge on any atom is 0.303 e. The van der Waals surface area contributed by atoms with Crippen molar-refractivity contribution < 1.29 is 19.4 Å². The highest BCUT2D eigenvalue weighted by Crippen LogP contribution is 2.38. The summed E-state index contributed by atoms with van der Waals surface area (Å²) in [4.78, 5) is 12.8. The van der Waals surface area contributed by atoms with Gasteiger partial charge in [-0.1, -0.05) is 13.8 Å². The van der Waals surface area contributed by atoms with Crippen LogP contribution < -0.4 is 10.6 Å². The molecule has 1 aliphatic heterocycles. The van der Waals surface area contributed by atoms with Crippen LogP contribution in [0.1, 0.15) is 39.5 Å². The Morgan fingerprint density at radius 1 is 1.39 bits per heavy atom. The number of aliphatic carboxylic acids is 1. The van der Waals surface area contributed by atoms with Crippen LogP contribution in [0.15, 0.2) is 18.2 Å². The molecule has 128 valence electrons. The zero-order valence-corrected chi connectivity index (χ0v) is 13.7. The van der Waals surface area contributed by atoms with Crippen LogP contribution in [0.2, 0.25) is 0 Å². The van der Waals surface area contributed by atoms with Gasteiger partial charge in [0.15, 0.2) is 0 Å². The summed E-state index contributed by atoms with van der Waals surface area (Å²) in [5.41, 5.74) is 5.06. The van der Waals surface area contributed by atoms with E-state index in [1.165, 1.54) is 6.07 Å². The summed E-state index contributed by atoms with van der Waals surface area (Å²) >= 11 is 0. The Kier molecular flexibility index (Phi) is 4.84. The molecule has 5 nitrogen and oxygen atoms in total. The maximum absolute atomic E-state index is 14.0. The molecular weight excluding hydrogens is 299 g/mol. The van der Waals surface area contributed by atoms with Gasteiger partial charge in [-0.05, 0) is 42.9 Å². The number of carbonyl (C=O) groups is 1. The lowest BCUT2D eigenvalue weighted by Gasteiger charge is -2.42. The van der Waals surface area contributed by atoms with Crippen molar-refractivity contribution >= 4 is 17.3 Å². The zero-order valence-electron chi connectivity index (χ0n) is 13.7. The number of rotatable bonds is 5. The molecule has 1 heterocycles. The Hall–Kier alpha value is -1.82. The number of benzene rings is 1. The first-order valence-corrected chi connectivity index (χ1v) is 7.84. The Labute approximate surface area is 135 Å². The number of halogens is 1. The number of hydrogen-bond acceptors (Lipinski definition) is 4. The molecule has 0 amide bonds. The van der Waals surface area contributed by atoms with Gasteiger partial charge in [-0.2, -0.15) is 0 Å². The van der Waals surface area contributed by atoms with Crippen molar-refractivity contribution in [3.05, 3.63) is 24.0 Å². The fraction of sp³-hybridized carbons (Fsp3) is 0.588. The number of hydrogen-bond donors (Lipinski definition) is 3. The molecular formula is C17H25FN2O3. The zero-order chi connectivity index (χ0) is 17.3. The topological polar surface area (TPSA) is 86.8 Å². The van der Waals surface area contributed by atoms with E-state index in [2.05, 4.69) is 0 Å². The van der Waals surface area contributed by atoms with Gasteiger partial charge in [-0.3, -0.25) is 4.79 Å². The summed E-state index contributed by atoms with van der Waals surface area (Å²) in [7, 11) is 0. The van der Waals surface area contributed by atoms with Crippen LogP contribution in [0.5, 0.6) is 0 Å². The molecule has 0 radical (unpaired) electrons. The van der Waals surface area contributed by atoms with E-state index < -0.39 is 17.0 Å². The second-order valence-corrected chi connectivity index (χ2v) is 7.33. The van der Waals surface area contributed by atoms with Crippen molar-refractivity contribution in [2.75, 3.05) is 23.7 Å². The molecule has 0 saturated carbocycles.